The lowest BCUT2D eigenvalue weighted by molar-refractivity contribution is -0.130. The number of nitrogens with one attached hydrogen (secondary N) is 2. The average Bonchev–Trinajstić information content (AvgIpc) is 2.87. The second kappa shape index (κ2) is 7.00. The van der Waals surface area contributed by atoms with Gasteiger partial charge in [0.2, 0.25) is 5.91 Å². The highest BCUT2D eigenvalue weighted by Crippen LogP contribution is 2.47. The molecule has 25 heavy (non-hydrogen) atoms. The van der Waals surface area contributed by atoms with Crippen molar-refractivity contribution >= 4 is 12.0 Å². The summed E-state index contributed by atoms with van der Waals surface area (Å²) in [6.07, 6.45) is 0.425. The van der Waals surface area contributed by atoms with Crippen LogP contribution in [0, 0.1) is 11.2 Å². The number of benzene rings is 1. The Kier molecular flexibility index (Phi) is 4.94. The van der Waals surface area contributed by atoms with Gasteiger partial charge >= 0.3 is 6.09 Å². The maximum absolute atomic E-state index is 13.2. The smallest absolute Gasteiger partial charge is 0.404 e. The number of carbonyl (C=O) groups is 2. The zero-order valence-corrected chi connectivity index (χ0v) is 14.3. The summed E-state index contributed by atoms with van der Waals surface area (Å²) in [6, 6.07) is 6.28. The first-order valence-electron chi connectivity index (χ1n) is 8.66. The van der Waals surface area contributed by atoms with Gasteiger partial charge in [0, 0.05) is 25.0 Å². The third-order valence-corrected chi connectivity index (χ3v) is 5.51. The molecule has 2 fully saturated rings. The Morgan fingerprint density at radius 2 is 2.04 bits per heavy atom. The summed E-state index contributed by atoms with van der Waals surface area (Å²) < 4.78 is 13.2. The van der Waals surface area contributed by atoms with Crippen LogP contribution in [0.4, 0.5) is 9.18 Å². The van der Waals surface area contributed by atoms with Gasteiger partial charge in [-0.3, -0.25) is 4.79 Å². The largest absolute Gasteiger partial charge is 0.465 e. The topological polar surface area (TPSA) is 81.7 Å². The molecule has 1 aromatic carbocycles. The highest BCUT2D eigenvalue weighted by Gasteiger charge is 2.51. The van der Waals surface area contributed by atoms with Gasteiger partial charge in [-0.1, -0.05) is 12.1 Å². The first-order valence-corrected chi connectivity index (χ1v) is 8.66. The number of halogens is 1. The fourth-order valence-corrected chi connectivity index (χ4v) is 4.21. The lowest BCUT2D eigenvalue weighted by Crippen LogP contribution is -2.49. The van der Waals surface area contributed by atoms with Crippen LogP contribution in [0.5, 0.6) is 0 Å². The van der Waals surface area contributed by atoms with Gasteiger partial charge in [-0.15, -0.1) is 0 Å². The monoisotopic (exact) mass is 349 g/mol. The Morgan fingerprint density at radius 3 is 2.64 bits per heavy atom. The molecular formula is C18H24FN3O3. The highest BCUT2D eigenvalue weighted by atomic mass is 19.1. The van der Waals surface area contributed by atoms with E-state index in [9.17, 15) is 14.0 Å². The van der Waals surface area contributed by atoms with Crippen LogP contribution in [0.1, 0.15) is 31.2 Å². The quantitative estimate of drug-likeness (QED) is 0.774. The zero-order valence-electron chi connectivity index (χ0n) is 14.3. The highest BCUT2D eigenvalue weighted by molar-refractivity contribution is 5.86. The van der Waals surface area contributed by atoms with Crippen molar-refractivity contribution in [3.8, 4) is 0 Å². The summed E-state index contributed by atoms with van der Waals surface area (Å²) in [5.41, 5.74) is 0.548. The molecule has 0 aromatic heterocycles. The summed E-state index contributed by atoms with van der Waals surface area (Å²) in [7, 11) is 0. The SMILES string of the molecule is CC(CN1CCC2(CC1)C(=O)NCC2c1ccc(F)cc1)NC(=O)O. The standard InChI is InChI=1S/C18H24FN3O3/c1-12(21-17(24)25)11-22-8-6-18(7-9-22)15(10-20-16(18)23)13-2-4-14(19)5-3-13/h2-5,12,15,21H,6-11H2,1H3,(H,20,23)(H,24,25). The van der Waals surface area contributed by atoms with E-state index in [0.29, 0.717) is 13.1 Å². The van der Waals surface area contributed by atoms with Gasteiger partial charge in [0.1, 0.15) is 5.82 Å². The molecule has 2 saturated heterocycles. The molecule has 0 saturated carbocycles. The van der Waals surface area contributed by atoms with Crippen LogP contribution < -0.4 is 10.6 Å². The van der Waals surface area contributed by atoms with E-state index in [1.165, 1.54) is 12.1 Å². The normalized spacial score (nSPS) is 24.1. The number of hydrogen-bond donors (Lipinski definition) is 3. The Morgan fingerprint density at radius 1 is 1.40 bits per heavy atom. The van der Waals surface area contributed by atoms with Crippen LogP contribution in [0.25, 0.3) is 0 Å². The van der Waals surface area contributed by atoms with Crippen molar-refractivity contribution in [1.29, 1.82) is 0 Å². The molecule has 0 bridgehead atoms. The molecule has 1 aromatic rings. The summed E-state index contributed by atoms with van der Waals surface area (Å²) >= 11 is 0. The molecule has 136 valence electrons. The van der Waals surface area contributed by atoms with Gasteiger partial charge in [0.25, 0.3) is 0 Å². The summed E-state index contributed by atoms with van der Waals surface area (Å²) in [5, 5.41) is 14.2. The second-order valence-corrected chi connectivity index (χ2v) is 7.12. The molecule has 3 N–H and O–H groups in total. The minimum Gasteiger partial charge on any atom is -0.465 e. The Hall–Kier alpha value is -2.15. The third kappa shape index (κ3) is 3.61. The molecule has 0 radical (unpaired) electrons. The van der Waals surface area contributed by atoms with E-state index >= 15 is 0 Å². The van der Waals surface area contributed by atoms with Crippen LogP contribution in [0.2, 0.25) is 0 Å². The first-order chi connectivity index (χ1) is 11.9. The number of piperidine rings is 1. The van der Waals surface area contributed by atoms with Crippen LogP contribution in [-0.4, -0.2) is 54.2 Å². The number of nitrogens with zero attached hydrogens (tertiary/aromatic N) is 1. The lowest BCUT2D eigenvalue weighted by Gasteiger charge is -2.41. The van der Waals surface area contributed by atoms with Crippen LogP contribution in [-0.2, 0) is 4.79 Å². The molecule has 6 nitrogen and oxygen atoms in total. The minimum absolute atomic E-state index is 0.0531. The van der Waals surface area contributed by atoms with Crippen LogP contribution in [0.15, 0.2) is 24.3 Å². The Bertz CT molecular complexity index is 641. The van der Waals surface area contributed by atoms with Gasteiger partial charge < -0.3 is 20.6 Å². The lowest BCUT2D eigenvalue weighted by atomic mass is 9.68. The van der Waals surface area contributed by atoms with Crippen LogP contribution in [0.3, 0.4) is 0 Å². The molecule has 2 unspecified atom stereocenters. The van der Waals surface area contributed by atoms with E-state index in [1.807, 2.05) is 6.92 Å². The molecule has 1 spiro atoms. The number of rotatable bonds is 4. The van der Waals surface area contributed by atoms with E-state index in [0.717, 1.165) is 31.5 Å². The average molecular weight is 349 g/mol. The second-order valence-electron chi connectivity index (χ2n) is 7.12. The third-order valence-electron chi connectivity index (χ3n) is 5.51. The number of carboxylic acid groups (broad SMARTS) is 1. The van der Waals surface area contributed by atoms with E-state index < -0.39 is 11.5 Å². The Balaban J connectivity index is 1.68. The number of carbonyl (C=O) groups excluding carboxylic acids is 1. The van der Waals surface area contributed by atoms with Crippen LogP contribution >= 0.6 is 0 Å². The molecular weight excluding hydrogens is 325 g/mol. The van der Waals surface area contributed by atoms with Crippen molar-refractivity contribution in [2.45, 2.75) is 31.7 Å². The molecule has 2 aliphatic heterocycles. The van der Waals surface area contributed by atoms with Crippen molar-refractivity contribution in [3.05, 3.63) is 35.6 Å². The fourth-order valence-electron chi connectivity index (χ4n) is 4.21. The van der Waals surface area contributed by atoms with Gasteiger partial charge in [0.05, 0.1) is 5.41 Å². The van der Waals surface area contributed by atoms with Crippen molar-refractivity contribution in [1.82, 2.24) is 15.5 Å². The van der Waals surface area contributed by atoms with Gasteiger partial charge in [-0.2, -0.15) is 0 Å². The minimum atomic E-state index is -1.02. The van der Waals surface area contributed by atoms with Gasteiger partial charge in [-0.05, 0) is 50.6 Å². The summed E-state index contributed by atoms with van der Waals surface area (Å²) in [4.78, 5) is 25.5. The number of likely N-dealkylation sites (tertiary alicyclic amines) is 1. The first kappa shape index (κ1) is 17.7. The molecule has 2 atom stereocenters. The van der Waals surface area contributed by atoms with E-state index in [4.69, 9.17) is 5.11 Å². The van der Waals surface area contributed by atoms with E-state index in [2.05, 4.69) is 15.5 Å². The van der Waals surface area contributed by atoms with Crippen molar-refractivity contribution in [3.63, 3.8) is 0 Å². The molecule has 7 heteroatoms. The summed E-state index contributed by atoms with van der Waals surface area (Å²) in [5.74, 6) is -0.139. The van der Waals surface area contributed by atoms with E-state index in [-0.39, 0.29) is 23.7 Å². The predicted molar refractivity (Wildman–Crippen MR) is 90.9 cm³/mol. The maximum atomic E-state index is 13.2. The zero-order chi connectivity index (χ0) is 18.0. The van der Waals surface area contributed by atoms with E-state index in [1.54, 1.807) is 12.1 Å². The van der Waals surface area contributed by atoms with Gasteiger partial charge in [-0.25, -0.2) is 9.18 Å². The fraction of sp³-hybridized carbons (Fsp3) is 0.556. The molecule has 2 aliphatic rings. The van der Waals surface area contributed by atoms with Crippen molar-refractivity contribution in [2.75, 3.05) is 26.2 Å². The van der Waals surface area contributed by atoms with Crippen molar-refractivity contribution < 1.29 is 19.1 Å². The number of amides is 2. The predicted octanol–water partition coefficient (Wildman–Crippen LogP) is 1.78. The molecule has 2 heterocycles. The summed E-state index contributed by atoms with van der Waals surface area (Å²) in [6.45, 7) is 4.54. The molecule has 0 aliphatic carbocycles. The van der Waals surface area contributed by atoms with Gasteiger partial charge in [0.15, 0.2) is 0 Å². The van der Waals surface area contributed by atoms with Crippen molar-refractivity contribution in [2.24, 2.45) is 5.41 Å². The number of hydrogen-bond acceptors (Lipinski definition) is 3. The maximum Gasteiger partial charge on any atom is 0.404 e. The molecule has 3 rings (SSSR count). The molecule has 2 amide bonds. The Labute approximate surface area is 146 Å².